The van der Waals surface area contributed by atoms with Crippen molar-refractivity contribution in [3.05, 3.63) is 101 Å². The number of aromatic nitrogens is 7. The zero-order valence-electron chi connectivity index (χ0n) is 20.9. The van der Waals surface area contributed by atoms with E-state index in [1.54, 1.807) is 13.1 Å². The van der Waals surface area contributed by atoms with Gasteiger partial charge >= 0.3 is 0 Å². The fraction of sp³-hybridized carbons (Fsp3) is 0.250. The third-order valence-electron chi connectivity index (χ3n) is 6.46. The van der Waals surface area contributed by atoms with E-state index in [2.05, 4.69) is 42.2 Å². The number of fused-ring (bicyclic) bond motifs is 1. The Balaban J connectivity index is 1.06. The number of hydrogen-bond acceptors (Lipinski definition) is 8. The number of nitrogens with zero attached hydrogens (tertiary/aromatic N) is 8. The van der Waals surface area contributed by atoms with Crippen molar-refractivity contribution in [1.29, 1.82) is 0 Å². The second kappa shape index (κ2) is 10.4. The van der Waals surface area contributed by atoms with E-state index >= 15 is 0 Å². The number of imidazole rings is 1. The summed E-state index contributed by atoms with van der Waals surface area (Å²) in [5.41, 5.74) is 5.59. The van der Waals surface area contributed by atoms with Gasteiger partial charge < -0.3 is 14.2 Å². The molecular formula is C28H26N8O2. The second-order valence-electron chi connectivity index (χ2n) is 9.30. The molecule has 0 aliphatic carbocycles. The van der Waals surface area contributed by atoms with Crippen molar-refractivity contribution >= 4 is 0 Å². The lowest BCUT2D eigenvalue weighted by molar-refractivity contribution is 0.184. The molecule has 0 saturated heterocycles. The molecule has 0 spiro atoms. The van der Waals surface area contributed by atoms with E-state index in [1.807, 2.05) is 70.3 Å². The van der Waals surface area contributed by atoms with Crippen molar-refractivity contribution in [3.8, 4) is 23.2 Å². The van der Waals surface area contributed by atoms with Crippen molar-refractivity contribution in [2.45, 2.75) is 39.2 Å². The molecule has 1 atom stereocenters. The van der Waals surface area contributed by atoms with Crippen molar-refractivity contribution < 1.29 is 9.63 Å². The summed E-state index contributed by atoms with van der Waals surface area (Å²) in [6.45, 7) is 5.56. The van der Waals surface area contributed by atoms with Gasteiger partial charge in [0.25, 0.3) is 0 Å². The molecule has 38 heavy (non-hydrogen) atoms. The molecule has 10 nitrogen and oxygen atoms in total. The number of pyridine rings is 1. The van der Waals surface area contributed by atoms with Crippen LogP contribution in [-0.4, -0.2) is 51.2 Å². The minimum Gasteiger partial charge on any atom is -0.385 e. The first kappa shape index (κ1) is 23.8. The van der Waals surface area contributed by atoms with Crippen molar-refractivity contribution in [2.75, 3.05) is 6.54 Å². The van der Waals surface area contributed by atoms with Gasteiger partial charge in [-0.2, -0.15) is 0 Å². The van der Waals surface area contributed by atoms with Gasteiger partial charge in [-0.1, -0.05) is 22.2 Å². The number of benzene rings is 1. The van der Waals surface area contributed by atoms with E-state index < -0.39 is 6.10 Å². The highest BCUT2D eigenvalue weighted by Gasteiger charge is 2.17. The first-order chi connectivity index (χ1) is 18.6. The fourth-order valence-electron chi connectivity index (χ4n) is 4.47. The fourth-order valence-corrected chi connectivity index (χ4v) is 4.47. The summed E-state index contributed by atoms with van der Waals surface area (Å²) in [6.07, 6.45) is 6.48. The first-order valence-corrected chi connectivity index (χ1v) is 12.4. The Bertz CT molecular complexity index is 1590. The highest BCUT2D eigenvalue weighted by atomic mass is 16.5. The van der Waals surface area contributed by atoms with Gasteiger partial charge in [0.1, 0.15) is 17.6 Å². The smallest absolute Gasteiger partial charge is 0.167 e. The van der Waals surface area contributed by atoms with Crippen LogP contribution >= 0.6 is 0 Å². The molecule has 1 aliphatic rings. The van der Waals surface area contributed by atoms with Gasteiger partial charge in [0.2, 0.25) is 0 Å². The van der Waals surface area contributed by atoms with Crippen LogP contribution in [0.5, 0.6) is 0 Å². The molecule has 1 aromatic carbocycles. The molecule has 0 amide bonds. The molecule has 0 bridgehead atoms. The van der Waals surface area contributed by atoms with E-state index in [4.69, 9.17) is 4.52 Å². The van der Waals surface area contributed by atoms with Gasteiger partial charge in [-0.3, -0.25) is 9.88 Å². The predicted octanol–water partition coefficient (Wildman–Crippen LogP) is 3.04. The van der Waals surface area contributed by atoms with E-state index in [0.29, 0.717) is 18.1 Å². The minimum absolute atomic E-state index is 0.473. The van der Waals surface area contributed by atoms with E-state index in [0.717, 1.165) is 60.0 Å². The van der Waals surface area contributed by atoms with Crippen molar-refractivity contribution in [3.63, 3.8) is 0 Å². The van der Waals surface area contributed by atoms with E-state index in [1.165, 1.54) is 0 Å². The molecule has 5 aromatic rings. The molecule has 190 valence electrons. The SMILES string of the molecule is C[C@H](O)c1nccn1Cc1cc(-c2ccc(C#Cc3ccc(CN4CCn5nncc5C4)nc3)cc2)on1. The van der Waals surface area contributed by atoms with Crippen LogP contribution in [0.25, 0.3) is 11.3 Å². The maximum Gasteiger partial charge on any atom is 0.167 e. The van der Waals surface area contributed by atoms with Gasteiger partial charge in [0, 0.05) is 61.0 Å². The molecule has 1 aliphatic heterocycles. The van der Waals surface area contributed by atoms with Crippen LogP contribution in [0.15, 0.2) is 71.8 Å². The van der Waals surface area contributed by atoms with Crippen molar-refractivity contribution in [2.24, 2.45) is 0 Å². The Labute approximate surface area is 219 Å². The Hall–Kier alpha value is -4.59. The molecule has 0 radical (unpaired) electrons. The lowest BCUT2D eigenvalue weighted by Gasteiger charge is -2.26. The summed E-state index contributed by atoms with van der Waals surface area (Å²) in [4.78, 5) is 11.1. The largest absolute Gasteiger partial charge is 0.385 e. The lowest BCUT2D eigenvalue weighted by Crippen LogP contribution is -2.33. The average molecular weight is 507 g/mol. The van der Waals surface area contributed by atoms with Crippen molar-refractivity contribution in [1.82, 2.24) is 39.6 Å². The quantitative estimate of drug-likeness (QED) is 0.350. The summed E-state index contributed by atoms with van der Waals surface area (Å²) in [5.74, 6) is 7.66. The summed E-state index contributed by atoms with van der Waals surface area (Å²) in [5, 5.41) is 22.1. The standard InChI is InChI=1S/C28H26N8O2/c1-20(37)28-29-10-11-35(28)18-25-14-27(38-32-25)23-7-4-21(5-8-23)2-3-22-6-9-24(30-15-22)17-34-12-13-36-26(19-34)16-31-33-36/h4-11,14-16,20,37H,12-13,17-19H2,1H3/t20-/m0/s1. The highest BCUT2D eigenvalue weighted by molar-refractivity contribution is 5.59. The van der Waals surface area contributed by atoms with Gasteiger partial charge in [-0.25, -0.2) is 9.67 Å². The number of hydrogen-bond donors (Lipinski definition) is 1. The lowest BCUT2D eigenvalue weighted by atomic mass is 10.1. The maximum atomic E-state index is 9.84. The van der Waals surface area contributed by atoms with Crippen LogP contribution in [0.4, 0.5) is 0 Å². The molecule has 0 saturated carbocycles. The Morgan fingerprint density at radius 2 is 1.82 bits per heavy atom. The summed E-state index contributed by atoms with van der Waals surface area (Å²) in [6, 6.07) is 13.8. The van der Waals surface area contributed by atoms with Crippen LogP contribution < -0.4 is 0 Å². The molecule has 5 heterocycles. The summed E-state index contributed by atoms with van der Waals surface area (Å²) in [7, 11) is 0. The summed E-state index contributed by atoms with van der Waals surface area (Å²) >= 11 is 0. The maximum absolute atomic E-state index is 9.84. The van der Waals surface area contributed by atoms with Gasteiger partial charge in [-0.15, -0.1) is 5.10 Å². The van der Waals surface area contributed by atoms with Crippen LogP contribution in [0, 0.1) is 11.8 Å². The molecule has 10 heteroatoms. The van der Waals surface area contributed by atoms with Gasteiger partial charge in [0.15, 0.2) is 5.76 Å². The normalized spacial score (nSPS) is 14.1. The first-order valence-electron chi connectivity index (χ1n) is 12.4. The van der Waals surface area contributed by atoms with Gasteiger partial charge in [0.05, 0.1) is 30.7 Å². The molecule has 6 rings (SSSR count). The number of aliphatic hydroxyl groups excluding tert-OH is 1. The summed E-state index contributed by atoms with van der Waals surface area (Å²) < 4.78 is 9.36. The average Bonchev–Trinajstić information content (AvgIpc) is 3.70. The Morgan fingerprint density at radius 3 is 2.63 bits per heavy atom. The van der Waals surface area contributed by atoms with E-state index in [-0.39, 0.29) is 0 Å². The topological polar surface area (TPSA) is 111 Å². The predicted molar refractivity (Wildman–Crippen MR) is 138 cm³/mol. The molecule has 0 fully saturated rings. The third-order valence-corrected chi connectivity index (χ3v) is 6.46. The monoisotopic (exact) mass is 506 g/mol. The van der Waals surface area contributed by atoms with Crippen LogP contribution in [-0.2, 0) is 26.2 Å². The highest BCUT2D eigenvalue weighted by Crippen LogP contribution is 2.22. The zero-order valence-corrected chi connectivity index (χ0v) is 20.9. The Morgan fingerprint density at radius 1 is 0.974 bits per heavy atom. The number of rotatable bonds is 6. The second-order valence-corrected chi connectivity index (χ2v) is 9.30. The molecule has 1 N–H and O–H groups in total. The van der Waals surface area contributed by atoms with Gasteiger partial charge in [-0.05, 0) is 43.3 Å². The van der Waals surface area contributed by atoms with Crippen LogP contribution in [0.2, 0.25) is 0 Å². The van der Waals surface area contributed by atoms with Crippen LogP contribution in [0.1, 0.15) is 47.1 Å². The Kier molecular flexibility index (Phi) is 6.52. The molecular weight excluding hydrogens is 480 g/mol. The molecule has 0 unspecified atom stereocenters. The van der Waals surface area contributed by atoms with E-state index in [9.17, 15) is 5.11 Å². The third kappa shape index (κ3) is 5.25. The zero-order chi connectivity index (χ0) is 25.9. The number of aliphatic hydroxyl groups is 1. The minimum atomic E-state index is -0.650. The van der Waals surface area contributed by atoms with Crippen LogP contribution in [0.3, 0.4) is 0 Å². The molecule has 4 aromatic heterocycles.